The highest BCUT2D eigenvalue weighted by Crippen LogP contribution is 2.26. The molecular weight excluding hydrogens is 334 g/mol. The van der Waals surface area contributed by atoms with Crippen molar-refractivity contribution in [1.29, 1.82) is 0 Å². The lowest BCUT2D eigenvalue weighted by atomic mass is 10.2. The Kier molecular flexibility index (Phi) is 5.40. The molecule has 0 radical (unpaired) electrons. The number of nitrogens with zero attached hydrogens (tertiary/aromatic N) is 2. The van der Waals surface area contributed by atoms with Crippen LogP contribution in [0.5, 0.6) is 5.75 Å². The van der Waals surface area contributed by atoms with Gasteiger partial charge in [0, 0.05) is 5.56 Å². The molecule has 1 amide bonds. The molecule has 5 nitrogen and oxygen atoms in total. The van der Waals surface area contributed by atoms with Gasteiger partial charge >= 0.3 is 0 Å². The van der Waals surface area contributed by atoms with E-state index in [1.165, 1.54) is 11.3 Å². The second-order valence-electron chi connectivity index (χ2n) is 5.60. The van der Waals surface area contributed by atoms with E-state index < -0.39 is 6.10 Å². The van der Waals surface area contributed by atoms with Gasteiger partial charge in [0.15, 0.2) is 6.10 Å². The van der Waals surface area contributed by atoms with Crippen LogP contribution in [-0.4, -0.2) is 22.2 Å². The number of aromatic nitrogens is 2. The molecular formula is C19H19N3O2S. The van der Waals surface area contributed by atoms with Crippen molar-refractivity contribution in [3.8, 4) is 16.3 Å². The molecule has 25 heavy (non-hydrogen) atoms. The lowest BCUT2D eigenvalue weighted by Gasteiger charge is -2.16. The highest BCUT2D eigenvalue weighted by Gasteiger charge is 2.20. The molecule has 3 aromatic rings. The Morgan fingerprint density at radius 3 is 2.68 bits per heavy atom. The number of nitrogens with one attached hydrogen (secondary N) is 1. The summed E-state index contributed by atoms with van der Waals surface area (Å²) >= 11 is 1.34. The van der Waals surface area contributed by atoms with Gasteiger partial charge < -0.3 is 4.74 Å². The lowest BCUT2D eigenvalue weighted by Crippen LogP contribution is -2.32. The summed E-state index contributed by atoms with van der Waals surface area (Å²) in [5.74, 6) is 0.462. The van der Waals surface area contributed by atoms with Gasteiger partial charge in [0.1, 0.15) is 10.8 Å². The normalized spacial score (nSPS) is 11.8. The van der Waals surface area contributed by atoms with Crippen LogP contribution in [0.1, 0.15) is 18.9 Å². The van der Waals surface area contributed by atoms with E-state index in [4.69, 9.17) is 4.74 Å². The number of hydrogen-bond donors (Lipinski definition) is 1. The third kappa shape index (κ3) is 4.42. The van der Waals surface area contributed by atoms with Gasteiger partial charge in [-0.1, -0.05) is 60.7 Å². The molecule has 3 rings (SSSR count). The Balaban J connectivity index is 1.67. The van der Waals surface area contributed by atoms with Crippen LogP contribution in [-0.2, 0) is 4.79 Å². The van der Waals surface area contributed by atoms with Crippen LogP contribution >= 0.6 is 11.3 Å². The SMILES string of the molecule is CC[C@@H](Oc1cccc(C)c1)C(=O)Nc1nnc(-c2ccccc2)s1. The van der Waals surface area contributed by atoms with Crippen molar-refractivity contribution in [2.24, 2.45) is 0 Å². The average Bonchev–Trinajstić information content (AvgIpc) is 3.09. The van der Waals surface area contributed by atoms with E-state index >= 15 is 0 Å². The highest BCUT2D eigenvalue weighted by molar-refractivity contribution is 7.18. The number of carbonyl (C=O) groups excluding carboxylic acids is 1. The Morgan fingerprint density at radius 1 is 1.16 bits per heavy atom. The number of ether oxygens (including phenoxy) is 1. The van der Waals surface area contributed by atoms with Crippen LogP contribution in [0, 0.1) is 6.92 Å². The van der Waals surface area contributed by atoms with E-state index in [0.717, 1.165) is 16.1 Å². The smallest absolute Gasteiger partial charge is 0.267 e. The molecule has 6 heteroatoms. The second-order valence-corrected chi connectivity index (χ2v) is 6.58. The first kappa shape index (κ1) is 17.1. The molecule has 0 bridgehead atoms. The molecule has 128 valence electrons. The molecule has 1 heterocycles. The van der Waals surface area contributed by atoms with Gasteiger partial charge in [-0.2, -0.15) is 0 Å². The summed E-state index contributed by atoms with van der Waals surface area (Å²) in [4.78, 5) is 12.5. The van der Waals surface area contributed by atoms with Crippen molar-refractivity contribution in [3.63, 3.8) is 0 Å². The zero-order valence-electron chi connectivity index (χ0n) is 14.1. The van der Waals surface area contributed by atoms with Crippen molar-refractivity contribution in [3.05, 3.63) is 60.2 Å². The Bertz CT molecular complexity index is 849. The minimum atomic E-state index is -0.578. The Labute approximate surface area is 150 Å². The highest BCUT2D eigenvalue weighted by atomic mass is 32.1. The summed E-state index contributed by atoms with van der Waals surface area (Å²) in [5, 5.41) is 12.2. The third-order valence-electron chi connectivity index (χ3n) is 3.61. The monoisotopic (exact) mass is 353 g/mol. The predicted octanol–water partition coefficient (Wildman–Crippen LogP) is 4.31. The lowest BCUT2D eigenvalue weighted by molar-refractivity contribution is -0.122. The van der Waals surface area contributed by atoms with E-state index in [2.05, 4.69) is 15.5 Å². The van der Waals surface area contributed by atoms with Gasteiger partial charge in [-0.3, -0.25) is 10.1 Å². The molecule has 0 aliphatic rings. The summed E-state index contributed by atoms with van der Waals surface area (Å²) in [6.45, 7) is 3.90. The summed E-state index contributed by atoms with van der Waals surface area (Å²) < 4.78 is 5.81. The quantitative estimate of drug-likeness (QED) is 0.717. The van der Waals surface area contributed by atoms with Crippen molar-refractivity contribution in [2.75, 3.05) is 5.32 Å². The zero-order valence-corrected chi connectivity index (χ0v) is 14.9. The van der Waals surface area contributed by atoms with E-state index in [0.29, 0.717) is 17.3 Å². The average molecular weight is 353 g/mol. The molecule has 0 aliphatic carbocycles. The number of hydrogen-bond acceptors (Lipinski definition) is 5. The first-order valence-corrected chi connectivity index (χ1v) is 8.90. The van der Waals surface area contributed by atoms with Crippen molar-refractivity contribution < 1.29 is 9.53 Å². The summed E-state index contributed by atoms with van der Waals surface area (Å²) in [6.07, 6.45) is -0.0182. The van der Waals surface area contributed by atoms with Crippen LogP contribution in [0.4, 0.5) is 5.13 Å². The zero-order chi connectivity index (χ0) is 17.6. The largest absolute Gasteiger partial charge is 0.481 e. The molecule has 0 aliphatic heterocycles. The van der Waals surface area contributed by atoms with Gasteiger partial charge in [-0.15, -0.1) is 10.2 Å². The maximum absolute atomic E-state index is 12.5. The van der Waals surface area contributed by atoms with Crippen LogP contribution in [0.25, 0.3) is 10.6 Å². The van der Waals surface area contributed by atoms with Crippen LogP contribution in [0.15, 0.2) is 54.6 Å². The van der Waals surface area contributed by atoms with Gasteiger partial charge in [-0.25, -0.2) is 0 Å². The first-order valence-electron chi connectivity index (χ1n) is 8.09. The van der Waals surface area contributed by atoms with Gasteiger partial charge in [0.05, 0.1) is 0 Å². The first-order chi connectivity index (χ1) is 12.2. The molecule has 2 aromatic carbocycles. The topological polar surface area (TPSA) is 64.1 Å². The Morgan fingerprint density at radius 2 is 1.96 bits per heavy atom. The maximum Gasteiger partial charge on any atom is 0.267 e. The van der Waals surface area contributed by atoms with Gasteiger partial charge in [-0.05, 0) is 31.0 Å². The van der Waals surface area contributed by atoms with Gasteiger partial charge in [0.2, 0.25) is 5.13 Å². The number of rotatable bonds is 6. The summed E-state index contributed by atoms with van der Waals surface area (Å²) in [6, 6.07) is 17.4. The Hall–Kier alpha value is -2.73. The van der Waals surface area contributed by atoms with E-state index in [1.807, 2.05) is 68.4 Å². The molecule has 1 aromatic heterocycles. The molecule has 0 fully saturated rings. The number of amides is 1. The fraction of sp³-hybridized carbons (Fsp3) is 0.211. The van der Waals surface area contributed by atoms with Crippen molar-refractivity contribution >= 4 is 22.4 Å². The van der Waals surface area contributed by atoms with Crippen LogP contribution in [0.2, 0.25) is 0 Å². The van der Waals surface area contributed by atoms with Gasteiger partial charge in [0.25, 0.3) is 5.91 Å². The number of carbonyl (C=O) groups is 1. The van der Waals surface area contributed by atoms with E-state index in [1.54, 1.807) is 0 Å². The molecule has 0 spiro atoms. The molecule has 1 N–H and O–H groups in total. The number of aryl methyl sites for hydroxylation is 1. The van der Waals surface area contributed by atoms with E-state index in [-0.39, 0.29) is 5.91 Å². The summed E-state index contributed by atoms with van der Waals surface area (Å²) in [7, 11) is 0. The van der Waals surface area contributed by atoms with Crippen molar-refractivity contribution in [1.82, 2.24) is 10.2 Å². The molecule has 0 saturated heterocycles. The predicted molar refractivity (Wildman–Crippen MR) is 99.9 cm³/mol. The minimum absolute atomic E-state index is 0.222. The van der Waals surface area contributed by atoms with Crippen LogP contribution in [0.3, 0.4) is 0 Å². The third-order valence-corrected chi connectivity index (χ3v) is 4.49. The fourth-order valence-corrected chi connectivity index (χ4v) is 3.08. The maximum atomic E-state index is 12.5. The fourth-order valence-electron chi connectivity index (χ4n) is 2.33. The summed E-state index contributed by atoms with van der Waals surface area (Å²) in [5.41, 5.74) is 2.06. The minimum Gasteiger partial charge on any atom is -0.481 e. The second kappa shape index (κ2) is 7.90. The standard InChI is InChI=1S/C19H19N3O2S/c1-3-16(24-15-11-7-8-13(2)12-15)17(23)20-19-22-21-18(25-19)14-9-5-4-6-10-14/h4-12,16H,3H2,1-2H3,(H,20,22,23)/t16-/m1/s1. The molecule has 0 unspecified atom stereocenters. The van der Waals surface area contributed by atoms with E-state index in [9.17, 15) is 4.79 Å². The van der Waals surface area contributed by atoms with Crippen molar-refractivity contribution in [2.45, 2.75) is 26.4 Å². The number of benzene rings is 2. The number of anilines is 1. The molecule has 1 atom stereocenters. The molecule has 0 saturated carbocycles. The van der Waals surface area contributed by atoms with Crippen LogP contribution < -0.4 is 10.1 Å².